The van der Waals surface area contributed by atoms with Gasteiger partial charge in [0.25, 0.3) is 0 Å². The first-order valence-electron chi connectivity index (χ1n) is 8.74. The molecule has 1 aliphatic rings. The van der Waals surface area contributed by atoms with E-state index < -0.39 is 12.1 Å². The summed E-state index contributed by atoms with van der Waals surface area (Å²) in [7, 11) is 0. The van der Waals surface area contributed by atoms with Gasteiger partial charge in [-0.1, -0.05) is 55.8 Å². The molecule has 0 atom stereocenters. The number of halogens is 3. The SMILES string of the molecule is CCCc1ccc(-c2ccc(-c3ccc4c(c3)OC(F)(F)O4)c(F)c2)cc1. The fraction of sp³-hybridized carbons (Fsp3) is 0.182. The van der Waals surface area contributed by atoms with E-state index in [9.17, 15) is 13.2 Å². The molecule has 5 heteroatoms. The maximum atomic E-state index is 14.7. The van der Waals surface area contributed by atoms with Crippen LogP contribution < -0.4 is 9.47 Å². The highest BCUT2D eigenvalue weighted by atomic mass is 19.3. The van der Waals surface area contributed by atoms with Gasteiger partial charge in [-0.2, -0.15) is 0 Å². The Bertz CT molecular complexity index is 981. The molecule has 0 saturated carbocycles. The van der Waals surface area contributed by atoms with Crippen LogP contribution in [0.4, 0.5) is 13.2 Å². The smallest absolute Gasteiger partial charge is 0.395 e. The zero-order valence-corrected chi connectivity index (χ0v) is 14.6. The molecule has 0 N–H and O–H groups in total. The van der Waals surface area contributed by atoms with Gasteiger partial charge in [-0.05, 0) is 46.9 Å². The predicted molar refractivity (Wildman–Crippen MR) is 97.5 cm³/mol. The van der Waals surface area contributed by atoms with Gasteiger partial charge in [0.05, 0.1) is 0 Å². The Hall–Kier alpha value is -2.95. The molecule has 0 spiro atoms. The van der Waals surface area contributed by atoms with Gasteiger partial charge in [0.2, 0.25) is 0 Å². The molecule has 0 aliphatic carbocycles. The molecule has 0 bridgehead atoms. The first-order valence-corrected chi connectivity index (χ1v) is 8.74. The zero-order valence-electron chi connectivity index (χ0n) is 14.6. The van der Waals surface area contributed by atoms with Crippen molar-refractivity contribution in [2.24, 2.45) is 0 Å². The van der Waals surface area contributed by atoms with Crippen molar-refractivity contribution >= 4 is 0 Å². The minimum atomic E-state index is -3.69. The highest BCUT2D eigenvalue weighted by Gasteiger charge is 2.43. The molecule has 1 aliphatic heterocycles. The Balaban J connectivity index is 1.63. The van der Waals surface area contributed by atoms with Gasteiger partial charge in [-0.3, -0.25) is 0 Å². The zero-order chi connectivity index (χ0) is 19.0. The van der Waals surface area contributed by atoms with Crippen LogP contribution in [0.2, 0.25) is 0 Å². The van der Waals surface area contributed by atoms with Gasteiger partial charge in [-0.25, -0.2) is 4.39 Å². The van der Waals surface area contributed by atoms with E-state index in [1.807, 2.05) is 30.3 Å². The third-order valence-electron chi connectivity index (χ3n) is 4.51. The number of alkyl halides is 2. The van der Waals surface area contributed by atoms with Gasteiger partial charge in [0, 0.05) is 5.56 Å². The Morgan fingerprint density at radius 1 is 0.778 bits per heavy atom. The quantitative estimate of drug-likeness (QED) is 0.527. The van der Waals surface area contributed by atoms with Crippen molar-refractivity contribution in [3.8, 4) is 33.8 Å². The molecule has 138 valence electrons. The molecular weight excluding hydrogens is 353 g/mol. The second kappa shape index (κ2) is 6.65. The molecule has 0 radical (unpaired) electrons. The summed E-state index contributed by atoms with van der Waals surface area (Å²) in [6.07, 6.45) is -1.60. The van der Waals surface area contributed by atoms with E-state index in [2.05, 4.69) is 16.4 Å². The molecule has 2 nitrogen and oxygen atoms in total. The third kappa shape index (κ3) is 3.50. The average molecular weight is 370 g/mol. The summed E-state index contributed by atoms with van der Waals surface area (Å²) in [4.78, 5) is 0. The van der Waals surface area contributed by atoms with Crippen LogP contribution in [0.1, 0.15) is 18.9 Å². The maximum absolute atomic E-state index is 14.7. The monoisotopic (exact) mass is 370 g/mol. The van der Waals surface area contributed by atoms with Crippen molar-refractivity contribution in [3.63, 3.8) is 0 Å². The minimum Gasteiger partial charge on any atom is -0.395 e. The molecule has 0 unspecified atom stereocenters. The molecule has 0 amide bonds. The molecule has 0 saturated heterocycles. The number of ether oxygens (including phenoxy) is 2. The normalized spacial score (nSPS) is 14.4. The lowest BCUT2D eigenvalue weighted by Gasteiger charge is -2.08. The lowest BCUT2D eigenvalue weighted by Crippen LogP contribution is -2.25. The van der Waals surface area contributed by atoms with Crippen molar-refractivity contribution in [2.75, 3.05) is 0 Å². The Labute approximate surface area is 155 Å². The minimum absolute atomic E-state index is 0.0621. The van der Waals surface area contributed by atoms with Gasteiger partial charge in [0.1, 0.15) is 5.82 Å². The standard InChI is InChI=1S/C22H17F3O2/c1-2-3-14-4-6-15(7-5-14)16-8-10-18(19(23)12-16)17-9-11-20-21(13-17)27-22(24,25)26-20/h4-13H,2-3H2,1H3. The van der Waals surface area contributed by atoms with Crippen LogP contribution in [0.25, 0.3) is 22.3 Å². The van der Waals surface area contributed by atoms with Crippen LogP contribution in [-0.4, -0.2) is 6.29 Å². The number of aryl methyl sites for hydroxylation is 1. The van der Waals surface area contributed by atoms with Crippen molar-refractivity contribution in [1.29, 1.82) is 0 Å². The lowest BCUT2D eigenvalue weighted by atomic mass is 9.98. The van der Waals surface area contributed by atoms with Crippen molar-refractivity contribution < 1.29 is 22.6 Å². The Morgan fingerprint density at radius 2 is 1.44 bits per heavy atom. The third-order valence-corrected chi connectivity index (χ3v) is 4.51. The summed E-state index contributed by atoms with van der Waals surface area (Å²) in [6.45, 7) is 2.12. The molecule has 4 rings (SSSR count). The molecule has 3 aromatic rings. The summed E-state index contributed by atoms with van der Waals surface area (Å²) in [5, 5.41) is 0. The first kappa shape index (κ1) is 17.5. The maximum Gasteiger partial charge on any atom is 0.586 e. The second-order valence-corrected chi connectivity index (χ2v) is 6.47. The Kier molecular flexibility index (Phi) is 4.30. The summed E-state index contributed by atoms with van der Waals surface area (Å²) >= 11 is 0. The van der Waals surface area contributed by atoms with Crippen LogP contribution >= 0.6 is 0 Å². The van der Waals surface area contributed by atoms with E-state index in [1.165, 1.54) is 29.8 Å². The van der Waals surface area contributed by atoms with Crippen LogP contribution in [0.15, 0.2) is 60.7 Å². The first-order chi connectivity index (χ1) is 12.9. The number of rotatable bonds is 4. The average Bonchev–Trinajstić information content (AvgIpc) is 2.95. The molecule has 0 fully saturated rings. The summed E-state index contributed by atoms with van der Waals surface area (Å²) in [5.74, 6) is -0.601. The second-order valence-electron chi connectivity index (χ2n) is 6.47. The van der Waals surface area contributed by atoms with Crippen LogP contribution in [-0.2, 0) is 6.42 Å². The Morgan fingerprint density at radius 3 is 2.15 bits per heavy atom. The highest BCUT2D eigenvalue weighted by molar-refractivity contribution is 5.73. The van der Waals surface area contributed by atoms with E-state index in [0.717, 1.165) is 24.0 Å². The molecule has 0 aromatic heterocycles. The van der Waals surface area contributed by atoms with E-state index in [0.29, 0.717) is 11.1 Å². The van der Waals surface area contributed by atoms with Gasteiger partial charge < -0.3 is 9.47 Å². The van der Waals surface area contributed by atoms with Crippen LogP contribution in [0.5, 0.6) is 11.5 Å². The summed E-state index contributed by atoms with van der Waals surface area (Å²) in [6, 6.07) is 17.2. The van der Waals surface area contributed by atoms with E-state index in [1.54, 1.807) is 6.07 Å². The van der Waals surface area contributed by atoms with Gasteiger partial charge in [-0.15, -0.1) is 8.78 Å². The summed E-state index contributed by atoms with van der Waals surface area (Å²) < 4.78 is 49.8. The van der Waals surface area contributed by atoms with Crippen molar-refractivity contribution in [1.82, 2.24) is 0 Å². The molecular formula is C22H17F3O2. The number of hydrogen-bond donors (Lipinski definition) is 0. The topological polar surface area (TPSA) is 18.5 Å². The number of hydrogen-bond acceptors (Lipinski definition) is 2. The fourth-order valence-corrected chi connectivity index (χ4v) is 3.20. The van der Waals surface area contributed by atoms with E-state index in [4.69, 9.17) is 0 Å². The molecule has 1 heterocycles. The predicted octanol–water partition coefficient (Wildman–Crippen LogP) is 6.43. The fourth-order valence-electron chi connectivity index (χ4n) is 3.20. The van der Waals surface area contributed by atoms with Crippen molar-refractivity contribution in [3.05, 3.63) is 72.0 Å². The number of benzene rings is 3. The van der Waals surface area contributed by atoms with E-state index in [-0.39, 0.29) is 11.5 Å². The number of fused-ring (bicyclic) bond motifs is 1. The van der Waals surface area contributed by atoms with E-state index >= 15 is 0 Å². The molecule has 27 heavy (non-hydrogen) atoms. The summed E-state index contributed by atoms with van der Waals surface area (Å²) in [5.41, 5.74) is 3.67. The lowest BCUT2D eigenvalue weighted by molar-refractivity contribution is -0.286. The van der Waals surface area contributed by atoms with Crippen molar-refractivity contribution in [2.45, 2.75) is 26.1 Å². The molecule has 3 aromatic carbocycles. The van der Waals surface area contributed by atoms with Gasteiger partial charge in [0.15, 0.2) is 11.5 Å². The largest absolute Gasteiger partial charge is 0.586 e. The van der Waals surface area contributed by atoms with Crippen LogP contribution in [0.3, 0.4) is 0 Å². The highest BCUT2D eigenvalue weighted by Crippen LogP contribution is 2.43. The van der Waals surface area contributed by atoms with Crippen LogP contribution in [0, 0.1) is 5.82 Å². The van der Waals surface area contributed by atoms with Gasteiger partial charge >= 0.3 is 6.29 Å².